The van der Waals surface area contributed by atoms with Crippen LogP contribution in [0.4, 0.5) is 16.5 Å². The van der Waals surface area contributed by atoms with Crippen molar-refractivity contribution in [2.75, 3.05) is 61.5 Å². The normalized spacial score (nSPS) is 24.2. The van der Waals surface area contributed by atoms with E-state index in [2.05, 4.69) is 32.3 Å². The Kier molecular flexibility index (Phi) is 6.14. The molecule has 34 heavy (non-hydrogen) atoms. The van der Waals surface area contributed by atoms with Gasteiger partial charge in [0.2, 0.25) is 0 Å². The van der Waals surface area contributed by atoms with Gasteiger partial charge in [-0.1, -0.05) is 25.1 Å². The summed E-state index contributed by atoms with van der Waals surface area (Å²) in [4.78, 5) is 33.7. The molecule has 1 aromatic heterocycles. The van der Waals surface area contributed by atoms with E-state index in [-0.39, 0.29) is 17.2 Å². The van der Waals surface area contributed by atoms with Crippen molar-refractivity contribution in [1.29, 1.82) is 0 Å². The number of hydrogen-bond donors (Lipinski definition) is 2. The first-order chi connectivity index (χ1) is 16.5. The number of nitrogens with zero attached hydrogens (tertiary/aromatic N) is 3. The van der Waals surface area contributed by atoms with E-state index in [0.717, 1.165) is 62.1 Å². The van der Waals surface area contributed by atoms with Gasteiger partial charge in [-0.2, -0.15) is 0 Å². The standard InChI is InChI=1S/C25H29N5O3S/c1-25-12-17(14-31)22(33-2)11-18(25)13-30(16-25)24-28-20(15-34-24)23(32)27-19-5-3-4-6-21(19)29-9-7-26-8-10-29/h3-6,11-12,14-15,18,26H,7-10,13,16H2,1-2H3,(H,27,32). The number of rotatable bonds is 6. The highest BCUT2D eigenvalue weighted by Gasteiger charge is 2.44. The van der Waals surface area contributed by atoms with Gasteiger partial charge < -0.3 is 25.2 Å². The average molecular weight is 480 g/mol. The Morgan fingerprint density at radius 1 is 1.29 bits per heavy atom. The van der Waals surface area contributed by atoms with Gasteiger partial charge in [0.15, 0.2) is 11.4 Å². The van der Waals surface area contributed by atoms with Crippen LogP contribution in [0.2, 0.25) is 0 Å². The van der Waals surface area contributed by atoms with Gasteiger partial charge in [0, 0.05) is 56.0 Å². The third kappa shape index (κ3) is 4.21. The average Bonchev–Trinajstić information content (AvgIpc) is 3.48. The SMILES string of the molecule is COC1=CC2CN(c3nc(C(=O)Nc4ccccc4N4CCNCC4)cs3)CC2(C)C=C1C=O. The maximum Gasteiger partial charge on any atom is 0.275 e. The van der Waals surface area contributed by atoms with Gasteiger partial charge in [-0.05, 0) is 18.2 Å². The molecule has 2 fully saturated rings. The Morgan fingerprint density at radius 2 is 2.09 bits per heavy atom. The molecule has 5 rings (SSSR count). The molecule has 0 spiro atoms. The molecule has 9 heteroatoms. The fraction of sp³-hybridized carbons (Fsp3) is 0.400. The molecule has 2 unspecified atom stereocenters. The molecular formula is C25H29N5O3S. The number of methoxy groups -OCH3 is 1. The molecule has 3 heterocycles. The summed E-state index contributed by atoms with van der Waals surface area (Å²) < 4.78 is 5.40. The van der Waals surface area contributed by atoms with Crippen molar-refractivity contribution in [3.05, 3.63) is 58.8 Å². The van der Waals surface area contributed by atoms with Crippen molar-refractivity contribution in [2.45, 2.75) is 6.92 Å². The van der Waals surface area contributed by atoms with E-state index in [0.29, 0.717) is 17.0 Å². The van der Waals surface area contributed by atoms with Gasteiger partial charge in [-0.15, -0.1) is 11.3 Å². The highest BCUT2D eigenvalue weighted by Crippen LogP contribution is 2.45. The predicted molar refractivity (Wildman–Crippen MR) is 135 cm³/mol. The number of fused-ring (bicyclic) bond motifs is 1. The summed E-state index contributed by atoms with van der Waals surface area (Å²) in [5.41, 5.74) is 2.64. The van der Waals surface area contributed by atoms with Crippen LogP contribution in [0.3, 0.4) is 0 Å². The molecule has 178 valence electrons. The van der Waals surface area contributed by atoms with Crippen LogP contribution >= 0.6 is 11.3 Å². The molecule has 2 aromatic rings. The number of carbonyl (C=O) groups excluding carboxylic acids is 2. The lowest BCUT2D eigenvalue weighted by molar-refractivity contribution is -0.105. The van der Waals surface area contributed by atoms with Crippen LogP contribution in [-0.4, -0.2) is 63.6 Å². The van der Waals surface area contributed by atoms with E-state index in [9.17, 15) is 9.59 Å². The molecule has 2 atom stereocenters. The van der Waals surface area contributed by atoms with E-state index >= 15 is 0 Å². The van der Waals surface area contributed by atoms with E-state index in [1.807, 2.05) is 41.8 Å². The van der Waals surface area contributed by atoms with Crippen molar-refractivity contribution in [2.24, 2.45) is 11.3 Å². The first-order valence-corrected chi connectivity index (χ1v) is 12.4. The van der Waals surface area contributed by atoms with Gasteiger partial charge in [0.05, 0.1) is 24.1 Å². The first kappa shape index (κ1) is 22.6. The van der Waals surface area contributed by atoms with Crippen LogP contribution in [0.15, 0.2) is 53.1 Å². The Balaban J connectivity index is 1.31. The number of piperazine rings is 1. The monoisotopic (exact) mass is 479 g/mol. The lowest BCUT2D eigenvalue weighted by Gasteiger charge is -2.31. The fourth-order valence-electron chi connectivity index (χ4n) is 5.02. The minimum atomic E-state index is -0.211. The molecule has 1 aromatic carbocycles. The number of nitrogens with one attached hydrogen (secondary N) is 2. The number of ether oxygens (including phenoxy) is 1. The number of thiazole rings is 1. The lowest BCUT2D eigenvalue weighted by atomic mass is 9.75. The van der Waals surface area contributed by atoms with E-state index < -0.39 is 0 Å². The Labute approximate surface area is 203 Å². The van der Waals surface area contributed by atoms with Gasteiger partial charge in [0.1, 0.15) is 11.5 Å². The van der Waals surface area contributed by atoms with Crippen molar-refractivity contribution in [1.82, 2.24) is 10.3 Å². The highest BCUT2D eigenvalue weighted by atomic mass is 32.1. The number of benzene rings is 1. The number of para-hydroxylation sites is 2. The van der Waals surface area contributed by atoms with Gasteiger partial charge in [0.25, 0.3) is 5.91 Å². The minimum absolute atomic E-state index is 0.186. The van der Waals surface area contributed by atoms with E-state index in [1.54, 1.807) is 7.11 Å². The van der Waals surface area contributed by atoms with Gasteiger partial charge in [-0.25, -0.2) is 4.98 Å². The van der Waals surface area contributed by atoms with Crippen LogP contribution in [-0.2, 0) is 9.53 Å². The topological polar surface area (TPSA) is 86.8 Å². The van der Waals surface area contributed by atoms with Crippen LogP contribution in [0.25, 0.3) is 0 Å². The Hall–Kier alpha value is -3.17. The van der Waals surface area contributed by atoms with Crippen molar-refractivity contribution < 1.29 is 14.3 Å². The first-order valence-electron chi connectivity index (χ1n) is 11.5. The molecule has 8 nitrogen and oxygen atoms in total. The second kappa shape index (κ2) is 9.23. The molecule has 3 aliphatic rings. The van der Waals surface area contributed by atoms with Gasteiger partial charge >= 0.3 is 0 Å². The molecule has 1 aliphatic carbocycles. The zero-order valence-electron chi connectivity index (χ0n) is 19.4. The molecule has 2 N–H and O–H groups in total. The number of allylic oxidation sites excluding steroid dienone is 1. The number of amides is 1. The molecule has 2 aliphatic heterocycles. The fourth-order valence-corrected chi connectivity index (χ4v) is 5.84. The largest absolute Gasteiger partial charge is 0.496 e. The molecule has 2 saturated heterocycles. The Morgan fingerprint density at radius 3 is 2.85 bits per heavy atom. The quantitative estimate of drug-likeness (QED) is 0.616. The minimum Gasteiger partial charge on any atom is -0.496 e. The third-order valence-electron chi connectivity index (χ3n) is 6.87. The van der Waals surface area contributed by atoms with Crippen LogP contribution in [0, 0.1) is 11.3 Å². The van der Waals surface area contributed by atoms with E-state index in [1.165, 1.54) is 11.3 Å². The van der Waals surface area contributed by atoms with Gasteiger partial charge in [-0.3, -0.25) is 9.59 Å². The summed E-state index contributed by atoms with van der Waals surface area (Å²) in [6.07, 6.45) is 4.90. The number of aldehydes is 1. The zero-order chi connectivity index (χ0) is 23.7. The maximum atomic E-state index is 13.1. The number of aromatic nitrogens is 1. The Bertz CT molecular complexity index is 1150. The van der Waals surface area contributed by atoms with Crippen LogP contribution < -0.4 is 20.4 Å². The molecular weight excluding hydrogens is 450 g/mol. The summed E-state index contributed by atoms with van der Waals surface area (Å²) in [5, 5.41) is 9.04. The maximum absolute atomic E-state index is 13.1. The highest BCUT2D eigenvalue weighted by molar-refractivity contribution is 7.14. The number of hydrogen-bond acceptors (Lipinski definition) is 8. The predicted octanol–water partition coefficient (Wildman–Crippen LogP) is 2.92. The summed E-state index contributed by atoms with van der Waals surface area (Å²) >= 11 is 1.47. The number of carbonyl (C=O) groups is 2. The van der Waals surface area contributed by atoms with Crippen molar-refractivity contribution >= 4 is 40.0 Å². The summed E-state index contributed by atoms with van der Waals surface area (Å²) in [6, 6.07) is 7.91. The molecule has 0 bridgehead atoms. The van der Waals surface area contributed by atoms with Crippen LogP contribution in [0.5, 0.6) is 0 Å². The molecule has 0 radical (unpaired) electrons. The van der Waals surface area contributed by atoms with Crippen LogP contribution in [0.1, 0.15) is 17.4 Å². The van der Waals surface area contributed by atoms with Crippen molar-refractivity contribution in [3.8, 4) is 0 Å². The third-order valence-corrected chi connectivity index (χ3v) is 7.77. The van der Waals surface area contributed by atoms with E-state index in [4.69, 9.17) is 4.74 Å². The number of anilines is 3. The summed E-state index contributed by atoms with van der Waals surface area (Å²) in [6.45, 7) is 7.30. The smallest absolute Gasteiger partial charge is 0.275 e. The molecule has 0 saturated carbocycles. The zero-order valence-corrected chi connectivity index (χ0v) is 20.2. The van der Waals surface area contributed by atoms with Crippen molar-refractivity contribution in [3.63, 3.8) is 0 Å². The summed E-state index contributed by atoms with van der Waals surface area (Å²) in [7, 11) is 1.59. The lowest BCUT2D eigenvalue weighted by Crippen LogP contribution is -2.43. The second-order valence-electron chi connectivity index (χ2n) is 9.17. The second-order valence-corrected chi connectivity index (χ2v) is 10.0. The summed E-state index contributed by atoms with van der Waals surface area (Å²) in [5.74, 6) is 0.623. The molecule has 1 amide bonds.